The SMILES string of the molecule is Cc1ccc(NC(=O)c2cnccn2)cc1N1CCCC1=O. The number of nitrogens with one attached hydrogen (secondary N) is 1. The molecular formula is C16H16N4O2. The molecule has 0 aliphatic carbocycles. The Morgan fingerprint density at radius 1 is 1.32 bits per heavy atom. The molecular weight excluding hydrogens is 280 g/mol. The summed E-state index contributed by atoms with van der Waals surface area (Å²) in [5.41, 5.74) is 2.74. The van der Waals surface area contributed by atoms with Crippen LogP contribution >= 0.6 is 0 Å². The van der Waals surface area contributed by atoms with Gasteiger partial charge in [0.05, 0.1) is 6.20 Å². The highest BCUT2D eigenvalue weighted by atomic mass is 16.2. The van der Waals surface area contributed by atoms with Crippen molar-refractivity contribution in [2.24, 2.45) is 0 Å². The lowest BCUT2D eigenvalue weighted by molar-refractivity contribution is -0.117. The van der Waals surface area contributed by atoms with Crippen molar-refractivity contribution in [3.63, 3.8) is 0 Å². The number of aromatic nitrogens is 2. The van der Waals surface area contributed by atoms with E-state index in [9.17, 15) is 9.59 Å². The monoisotopic (exact) mass is 296 g/mol. The molecule has 0 bridgehead atoms. The fourth-order valence-corrected chi connectivity index (χ4v) is 2.49. The van der Waals surface area contributed by atoms with Gasteiger partial charge in [0.1, 0.15) is 5.69 Å². The molecule has 3 rings (SSSR count). The van der Waals surface area contributed by atoms with Crippen molar-refractivity contribution in [2.45, 2.75) is 19.8 Å². The summed E-state index contributed by atoms with van der Waals surface area (Å²) < 4.78 is 0. The number of benzene rings is 1. The molecule has 1 aromatic carbocycles. The number of aryl methyl sites for hydroxylation is 1. The first-order valence-corrected chi connectivity index (χ1v) is 7.13. The van der Waals surface area contributed by atoms with E-state index in [4.69, 9.17) is 0 Å². The third-order valence-electron chi connectivity index (χ3n) is 3.63. The maximum atomic E-state index is 12.1. The molecule has 22 heavy (non-hydrogen) atoms. The van der Waals surface area contributed by atoms with E-state index in [2.05, 4.69) is 15.3 Å². The van der Waals surface area contributed by atoms with Gasteiger partial charge < -0.3 is 10.2 Å². The summed E-state index contributed by atoms with van der Waals surface area (Å²) in [5, 5.41) is 2.78. The lowest BCUT2D eigenvalue weighted by atomic mass is 10.1. The van der Waals surface area contributed by atoms with Gasteiger partial charge in [0.25, 0.3) is 5.91 Å². The Bertz CT molecular complexity index is 715. The Morgan fingerprint density at radius 2 is 2.18 bits per heavy atom. The minimum Gasteiger partial charge on any atom is -0.321 e. The molecule has 0 saturated carbocycles. The van der Waals surface area contributed by atoms with E-state index in [0.29, 0.717) is 12.1 Å². The van der Waals surface area contributed by atoms with Gasteiger partial charge in [-0.2, -0.15) is 0 Å². The van der Waals surface area contributed by atoms with Crippen LogP contribution in [-0.2, 0) is 4.79 Å². The number of carbonyl (C=O) groups excluding carboxylic acids is 2. The topological polar surface area (TPSA) is 75.2 Å². The van der Waals surface area contributed by atoms with E-state index < -0.39 is 0 Å². The van der Waals surface area contributed by atoms with Gasteiger partial charge in [-0.25, -0.2) is 4.98 Å². The lowest BCUT2D eigenvalue weighted by Gasteiger charge is -2.19. The van der Waals surface area contributed by atoms with Gasteiger partial charge in [-0.15, -0.1) is 0 Å². The van der Waals surface area contributed by atoms with Crippen molar-refractivity contribution in [2.75, 3.05) is 16.8 Å². The molecule has 1 aliphatic rings. The minimum atomic E-state index is -0.323. The molecule has 1 N–H and O–H groups in total. The van der Waals surface area contributed by atoms with Crippen molar-refractivity contribution < 1.29 is 9.59 Å². The second-order valence-corrected chi connectivity index (χ2v) is 5.19. The van der Waals surface area contributed by atoms with Crippen LogP contribution in [0.25, 0.3) is 0 Å². The number of hydrogen-bond acceptors (Lipinski definition) is 4. The van der Waals surface area contributed by atoms with E-state index in [0.717, 1.165) is 24.2 Å². The molecule has 1 aliphatic heterocycles. The van der Waals surface area contributed by atoms with Gasteiger partial charge in [0.2, 0.25) is 5.91 Å². The maximum Gasteiger partial charge on any atom is 0.275 e. The highest BCUT2D eigenvalue weighted by molar-refractivity contribution is 6.03. The van der Waals surface area contributed by atoms with Crippen LogP contribution in [-0.4, -0.2) is 28.3 Å². The molecule has 6 heteroatoms. The zero-order chi connectivity index (χ0) is 15.5. The first kappa shape index (κ1) is 14.2. The zero-order valence-electron chi connectivity index (χ0n) is 12.2. The average Bonchev–Trinajstić information content (AvgIpc) is 2.96. The molecule has 2 amide bonds. The van der Waals surface area contributed by atoms with E-state index in [1.807, 2.05) is 25.1 Å². The summed E-state index contributed by atoms with van der Waals surface area (Å²) in [6.07, 6.45) is 5.84. The maximum absolute atomic E-state index is 12.1. The molecule has 0 spiro atoms. The van der Waals surface area contributed by atoms with Gasteiger partial charge in [-0.05, 0) is 31.0 Å². The van der Waals surface area contributed by atoms with Gasteiger partial charge in [0, 0.05) is 36.7 Å². The van der Waals surface area contributed by atoms with Crippen LogP contribution in [0.2, 0.25) is 0 Å². The highest BCUT2D eigenvalue weighted by Gasteiger charge is 2.23. The Morgan fingerprint density at radius 3 is 2.86 bits per heavy atom. The second kappa shape index (κ2) is 5.93. The fourth-order valence-electron chi connectivity index (χ4n) is 2.49. The standard InChI is InChI=1S/C16H16N4O2/c1-11-4-5-12(9-14(11)20-8-2-3-15(20)21)19-16(22)13-10-17-6-7-18-13/h4-7,9-10H,2-3,8H2,1H3,(H,19,22). The third kappa shape index (κ3) is 2.81. The van der Waals surface area contributed by atoms with Crippen molar-refractivity contribution in [3.8, 4) is 0 Å². The zero-order valence-corrected chi connectivity index (χ0v) is 12.2. The van der Waals surface area contributed by atoms with Crippen LogP contribution in [0.1, 0.15) is 28.9 Å². The summed E-state index contributed by atoms with van der Waals surface area (Å²) in [6.45, 7) is 2.68. The van der Waals surface area contributed by atoms with Crippen molar-refractivity contribution in [3.05, 3.63) is 48.0 Å². The second-order valence-electron chi connectivity index (χ2n) is 5.19. The Balaban J connectivity index is 1.83. The average molecular weight is 296 g/mol. The summed E-state index contributed by atoms with van der Waals surface area (Å²) in [4.78, 5) is 33.6. The molecule has 2 heterocycles. The highest BCUT2D eigenvalue weighted by Crippen LogP contribution is 2.28. The summed E-state index contributed by atoms with van der Waals surface area (Å²) in [7, 11) is 0. The first-order valence-electron chi connectivity index (χ1n) is 7.13. The van der Waals surface area contributed by atoms with Crippen LogP contribution in [0.15, 0.2) is 36.8 Å². The van der Waals surface area contributed by atoms with Crippen LogP contribution in [0.4, 0.5) is 11.4 Å². The Labute approximate surface area is 128 Å². The molecule has 0 atom stereocenters. The minimum absolute atomic E-state index is 0.125. The molecule has 2 aromatic rings. The Hall–Kier alpha value is -2.76. The van der Waals surface area contributed by atoms with Crippen LogP contribution < -0.4 is 10.2 Å². The molecule has 1 fully saturated rings. The van der Waals surface area contributed by atoms with Gasteiger partial charge in [-0.3, -0.25) is 14.6 Å². The number of amides is 2. The summed E-state index contributed by atoms with van der Waals surface area (Å²) >= 11 is 0. The van der Waals surface area contributed by atoms with E-state index in [1.54, 1.807) is 4.90 Å². The van der Waals surface area contributed by atoms with Gasteiger partial charge in [-0.1, -0.05) is 6.07 Å². The smallest absolute Gasteiger partial charge is 0.275 e. The first-order chi connectivity index (χ1) is 10.6. The van der Waals surface area contributed by atoms with Crippen LogP contribution in [0, 0.1) is 6.92 Å². The molecule has 1 saturated heterocycles. The summed E-state index contributed by atoms with van der Waals surface area (Å²) in [6, 6.07) is 5.54. The van der Waals surface area contributed by atoms with E-state index in [-0.39, 0.29) is 17.5 Å². The van der Waals surface area contributed by atoms with E-state index in [1.165, 1.54) is 18.6 Å². The molecule has 0 unspecified atom stereocenters. The van der Waals surface area contributed by atoms with Crippen molar-refractivity contribution >= 4 is 23.2 Å². The number of hydrogen-bond donors (Lipinski definition) is 1. The molecule has 0 radical (unpaired) electrons. The summed E-state index contributed by atoms with van der Waals surface area (Å²) in [5.74, 6) is -0.198. The predicted octanol–water partition coefficient (Wildman–Crippen LogP) is 2.16. The van der Waals surface area contributed by atoms with Crippen molar-refractivity contribution in [1.82, 2.24) is 9.97 Å². The van der Waals surface area contributed by atoms with Crippen LogP contribution in [0.5, 0.6) is 0 Å². The fraction of sp³-hybridized carbons (Fsp3) is 0.250. The normalized spacial score (nSPS) is 14.2. The Kier molecular flexibility index (Phi) is 3.82. The molecule has 1 aromatic heterocycles. The lowest BCUT2D eigenvalue weighted by Crippen LogP contribution is -2.24. The number of carbonyl (C=O) groups is 2. The van der Waals surface area contributed by atoms with Gasteiger partial charge >= 0.3 is 0 Å². The van der Waals surface area contributed by atoms with Crippen LogP contribution in [0.3, 0.4) is 0 Å². The third-order valence-corrected chi connectivity index (χ3v) is 3.63. The predicted molar refractivity (Wildman–Crippen MR) is 82.8 cm³/mol. The van der Waals surface area contributed by atoms with Crippen molar-refractivity contribution in [1.29, 1.82) is 0 Å². The van der Waals surface area contributed by atoms with Gasteiger partial charge in [0.15, 0.2) is 0 Å². The largest absolute Gasteiger partial charge is 0.321 e. The quantitative estimate of drug-likeness (QED) is 0.941. The number of anilines is 2. The molecule has 6 nitrogen and oxygen atoms in total. The molecule has 112 valence electrons. The number of nitrogens with zero attached hydrogens (tertiary/aromatic N) is 3. The van der Waals surface area contributed by atoms with E-state index >= 15 is 0 Å². The number of rotatable bonds is 3.